The van der Waals surface area contributed by atoms with E-state index in [0.29, 0.717) is 31.8 Å². The summed E-state index contributed by atoms with van der Waals surface area (Å²) in [6.07, 6.45) is 5.44. The minimum absolute atomic E-state index is 0.00951. The van der Waals surface area contributed by atoms with E-state index in [1.807, 2.05) is 45.0 Å². The molecule has 2 fully saturated rings. The van der Waals surface area contributed by atoms with Crippen LogP contribution in [0.1, 0.15) is 77.6 Å². The minimum Gasteiger partial charge on any atom is -0.458 e. The number of para-hydroxylation sites is 1. The second-order valence-electron chi connectivity index (χ2n) is 11.6. The Labute approximate surface area is 229 Å². The summed E-state index contributed by atoms with van der Waals surface area (Å²) >= 11 is 1.61. The number of esters is 1. The van der Waals surface area contributed by atoms with Crippen LogP contribution in [0.5, 0.6) is 0 Å². The summed E-state index contributed by atoms with van der Waals surface area (Å²) in [7, 11) is 0. The smallest absolute Gasteiger partial charge is 0.306 e. The number of aromatic nitrogens is 1. The Kier molecular flexibility index (Phi) is 9.40. The van der Waals surface area contributed by atoms with Crippen molar-refractivity contribution in [2.45, 2.75) is 96.9 Å². The van der Waals surface area contributed by atoms with Gasteiger partial charge in [-0.15, -0.1) is 11.3 Å². The zero-order valence-corrected chi connectivity index (χ0v) is 23.9. The number of Topliss-reactive ketones (excluding diaryl/α,β-unsaturated/α-hetero) is 1. The molecule has 0 spiro atoms. The van der Waals surface area contributed by atoms with Gasteiger partial charge in [-0.05, 0) is 50.0 Å². The molecule has 0 saturated carbocycles. The van der Waals surface area contributed by atoms with Gasteiger partial charge in [-0.1, -0.05) is 45.7 Å². The van der Waals surface area contributed by atoms with Crippen molar-refractivity contribution >= 4 is 39.4 Å². The van der Waals surface area contributed by atoms with Crippen molar-refractivity contribution < 1.29 is 24.5 Å². The molecule has 5 unspecified atom stereocenters. The highest BCUT2D eigenvalue weighted by molar-refractivity contribution is 7.19. The van der Waals surface area contributed by atoms with Gasteiger partial charge in [0.2, 0.25) is 0 Å². The molecule has 7 nitrogen and oxygen atoms in total. The number of benzene rings is 1. The number of aliphatic hydroxyl groups is 2. The van der Waals surface area contributed by atoms with E-state index in [0.717, 1.165) is 40.1 Å². The average molecular weight is 543 g/mol. The standard InChI is InChI=1S/C30H42N2O5S/c1-19(17-27-31-21-9-5-8-12-26(21)38-27)25-18-23-22(32(23)15-16-33)10-6-7-11-24(34)20(2)29(36)30(3,4)14-13-28(35)37-25/h5,8-9,12,17,20,22-25,33-34H,6-7,10-11,13-16,18H2,1-4H3/b19-17+/t20-,22?,23?,24?,25?,32?/m1/s1. The summed E-state index contributed by atoms with van der Waals surface area (Å²) in [5.41, 5.74) is 1.17. The van der Waals surface area contributed by atoms with Crippen LogP contribution < -0.4 is 0 Å². The first-order chi connectivity index (χ1) is 18.1. The Morgan fingerprint density at radius 3 is 2.68 bits per heavy atom. The fourth-order valence-corrected chi connectivity index (χ4v) is 6.76. The molecule has 3 heterocycles. The van der Waals surface area contributed by atoms with E-state index in [2.05, 4.69) is 11.0 Å². The number of nitrogens with zero attached hydrogens (tertiary/aromatic N) is 2. The highest BCUT2D eigenvalue weighted by Crippen LogP contribution is 2.38. The number of thiazole rings is 1. The van der Waals surface area contributed by atoms with Gasteiger partial charge in [-0.2, -0.15) is 0 Å². The predicted octanol–water partition coefficient (Wildman–Crippen LogP) is 4.99. The van der Waals surface area contributed by atoms with Crippen LogP contribution in [-0.4, -0.2) is 69.3 Å². The van der Waals surface area contributed by atoms with Gasteiger partial charge in [0.1, 0.15) is 16.9 Å². The van der Waals surface area contributed by atoms with Crippen LogP contribution in [0.3, 0.4) is 0 Å². The highest BCUT2D eigenvalue weighted by Gasteiger charge is 2.47. The molecular formula is C30H42N2O5S. The number of ether oxygens (including phenoxy) is 1. The van der Waals surface area contributed by atoms with Gasteiger partial charge in [0.15, 0.2) is 0 Å². The Bertz CT molecular complexity index is 1130. The first kappa shape index (κ1) is 28.9. The molecule has 8 heteroatoms. The van der Waals surface area contributed by atoms with Crippen LogP contribution in [0.25, 0.3) is 16.3 Å². The van der Waals surface area contributed by atoms with Gasteiger partial charge in [0, 0.05) is 42.8 Å². The van der Waals surface area contributed by atoms with Crippen molar-refractivity contribution in [3.05, 3.63) is 34.8 Å². The summed E-state index contributed by atoms with van der Waals surface area (Å²) in [6, 6.07) is 8.57. The van der Waals surface area contributed by atoms with E-state index in [4.69, 9.17) is 9.72 Å². The first-order valence-electron chi connectivity index (χ1n) is 13.9. The summed E-state index contributed by atoms with van der Waals surface area (Å²) in [4.78, 5) is 33.2. The van der Waals surface area contributed by atoms with Gasteiger partial charge in [0.05, 0.1) is 22.9 Å². The van der Waals surface area contributed by atoms with Crippen LogP contribution in [0.2, 0.25) is 0 Å². The largest absolute Gasteiger partial charge is 0.458 e. The third-order valence-corrected chi connectivity index (χ3v) is 9.31. The normalized spacial score (nSPS) is 31.6. The van der Waals surface area contributed by atoms with E-state index in [1.54, 1.807) is 18.3 Å². The fraction of sp³-hybridized carbons (Fsp3) is 0.633. The molecule has 0 bridgehead atoms. The summed E-state index contributed by atoms with van der Waals surface area (Å²) in [5, 5.41) is 21.1. The molecular weight excluding hydrogens is 500 g/mol. The lowest BCUT2D eigenvalue weighted by molar-refractivity contribution is -0.148. The molecule has 0 radical (unpaired) electrons. The molecule has 2 aliphatic heterocycles. The second-order valence-corrected chi connectivity index (χ2v) is 12.7. The topological polar surface area (TPSA) is 99.7 Å². The molecule has 6 atom stereocenters. The molecule has 1 aromatic heterocycles. The van der Waals surface area contributed by atoms with Crippen molar-refractivity contribution in [1.29, 1.82) is 0 Å². The lowest BCUT2D eigenvalue weighted by Crippen LogP contribution is -2.36. The zero-order valence-electron chi connectivity index (χ0n) is 23.1. The van der Waals surface area contributed by atoms with Gasteiger partial charge in [-0.25, -0.2) is 4.98 Å². The number of β-amino-alcohol motifs (C(OH)–C–C–N with tert-alkyl or cyclic N) is 1. The van der Waals surface area contributed by atoms with Crippen molar-refractivity contribution in [3.8, 4) is 0 Å². The number of cyclic esters (lactones) is 1. The van der Waals surface area contributed by atoms with Crippen molar-refractivity contribution in [2.24, 2.45) is 11.3 Å². The molecule has 38 heavy (non-hydrogen) atoms. The molecule has 208 valence electrons. The average Bonchev–Trinajstić information content (AvgIpc) is 3.34. The van der Waals surface area contributed by atoms with Gasteiger partial charge in [-0.3, -0.25) is 14.5 Å². The quantitative estimate of drug-likeness (QED) is 0.415. The Hall–Kier alpha value is -2.13. The molecule has 2 saturated heterocycles. The van der Waals surface area contributed by atoms with E-state index >= 15 is 0 Å². The van der Waals surface area contributed by atoms with Crippen molar-refractivity contribution in [3.63, 3.8) is 0 Å². The number of fused-ring (bicyclic) bond motifs is 2. The van der Waals surface area contributed by atoms with E-state index in [-0.39, 0.29) is 30.8 Å². The van der Waals surface area contributed by atoms with Gasteiger partial charge in [0.25, 0.3) is 0 Å². The lowest BCUT2D eigenvalue weighted by Gasteiger charge is -2.29. The fourth-order valence-electron chi connectivity index (χ4n) is 5.78. The number of hydrogen-bond donors (Lipinski definition) is 2. The third-order valence-electron chi connectivity index (χ3n) is 8.32. The number of rotatable bonds is 4. The summed E-state index contributed by atoms with van der Waals surface area (Å²) < 4.78 is 7.19. The second kappa shape index (κ2) is 12.4. The van der Waals surface area contributed by atoms with Crippen molar-refractivity contribution in [2.75, 3.05) is 13.2 Å². The molecule has 0 amide bonds. The van der Waals surface area contributed by atoms with Gasteiger partial charge < -0.3 is 14.9 Å². The van der Waals surface area contributed by atoms with Crippen LogP contribution in [0.15, 0.2) is 29.8 Å². The van der Waals surface area contributed by atoms with Crippen LogP contribution in [0.4, 0.5) is 0 Å². The van der Waals surface area contributed by atoms with Crippen LogP contribution >= 0.6 is 11.3 Å². The zero-order chi connectivity index (χ0) is 27.4. The Balaban J connectivity index is 1.56. The molecule has 2 aromatic rings. The Morgan fingerprint density at radius 2 is 1.95 bits per heavy atom. The maximum atomic E-state index is 13.1. The monoisotopic (exact) mass is 542 g/mol. The number of carbonyl (C=O) groups excluding carboxylic acids is 2. The molecule has 1 aromatic carbocycles. The van der Waals surface area contributed by atoms with Crippen LogP contribution in [0, 0.1) is 11.3 Å². The maximum absolute atomic E-state index is 13.1. The Morgan fingerprint density at radius 1 is 1.21 bits per heavy atom. The van der Waals surface area contributed by atoms with Crippen molar-refractivity contribution in [1.82, 2.24) is 9.88 Å². The van der Waals surface area contributed by atoms with Crippen LogP contribution in [-0.2, 0) is 14.3 Å². The number of carbonyl (C=O) groups is 2. The third kappa shape index (κ3) is 6.89. The van der Waals surface area contributed by atoms with E-state index < -0.39 is 23.5 Å². The van der Waals surface area contributed by atoms with E-state index in [9.17, 15) is 19.8 Å². The lowest BCUT2D eigenvalue weighted by atomic mass is 9.76. The molecule has 2 N–H and O–H groups in total. The maximum Gasteiger partial charge on any atom is 0.306 e. The SMILES string of the molecule is C/C(=C\c1nc2ccccc2s1)C1CC2C(CCCCC(O)[C@@H](C)C(=O)C(C)(C)CCC(=O)O1)N2CCO. The first-order valence-corrected chi connectivity index (χ1v) is 14.7. The molecule has 4 rings (SSSR count). The molecule has 2 aliphatic rings. The predicted molar refractivity (Wildman–Crippen MR) is 151 cm³/mol. The number of ketones is 1. The molecule has 0 aliphatic carbocycles. The highest BCUT2D eigenvalue weighted by atomic mass is 32.1. The van der Waals surface area contributed by atoms with Gasteiger partial charge >= 0.3 is 5.97 Å². The summed E-state index contributed by atoms with van der Waals surface area (Å²) in [5.74, 6) is -0.802. The minimum atomic E-state index is -0.725. The summed E-state index contributed by atoms with van der Waals surface area (Å²) in [6.45, 7) is 8.18. The van der Waals surface area contributed by atoms with E-state index in [1.165, 1.54) is 0 Å². The number of aliphatic hydroxyl groups excluding tert-OH is 2. The number of hydrogen-bond acceptors (Lipinski definition) is 8.